The lowest BCUT2D eigenvalue weighted by molar-refractivity contribution is -0.0957. The minimum absolute atomic E-state index is 0.00353. The summed E-state index contributed by atoms with van der Waals surface area (Å²) in [4.78, 5) is 16.8. The number of H-pyrrole nitrogens is 1. The Hall–Kier alpha value is -2.24. The Morgan fingerprint density at radius 3 is 2.71 bits per heavy atom. The topological polar surface area (TPSA) is 36.1 Å². The quantitative estimate of drug-likeness (QED) is 0.803. The maximum absolute atomic E-state index is 12.6. The Balaban J connectivity index is 1.79. The monoisotopic (exact) mass is 294 g/mol. The highest BCUT2D eigenvalue weighted by Gasteiger charge is 2.35. The molecular weight excluding hydrogens is 281 g/mol. The molecule has 0 fully saturated rings. The van der Waals surface area contributed by atoms with E-state index >= 15 is 0 Å². The molecule has 1 aromatic carbocycles. The van der Waals surface area contributed by atoms with Gasteiger partial charge in [-0.1, -0.05) is 12.1 Å². The number of carbonyl (C=O) groups excluding carboxylic acids is 1. The largest absolute Gasteiger partial charge is 0.412 e. The molecule has 0 saturated carbocycles. The van der Waals surface area contributed by atoms with Gasteiger partial charge in [0.2, 0.25) is 0 Å². The summed E-state index contributed by atoms with van der Waals surface area (Å²) in [6.45, 7) is 0.0867. The number of nitrogens with one attached hydrogen (secondary N) is 1. The first-order valence-corrected chi connectivity index (χ1v) is 6.58. The highest BCUT2D eigenvalue weighted by atomic mass is 19.4. The summed E-state index contributed by atoms with van der Waals surface area (Å²) in [7, 11) is 0. The number of fused-ring (bicyclic) bond motifs is 1. The van der Waals surface area contributed by atoms with Crippen molar-refractivity contribution in [1.82, 2.24) is 9.88 Å². The van der Waals surface area contributed by atoms with Gasteiger partial charge in [-0.2, -0.15) is 13.2 Å². The average Bonchev–Trinajstić information content (AvgIpc) is 2.93. The molecule has 1 aliphatic rings. The number of carbonyl (C=O) groups is 1. The van der Waals surface area contributed by atoms with Gasteiger partial charge in [0.1, 0.15) is 0 Å². The van der Waals surface area contributed by atoms with Crippen LogP contribution in [-0.4, -0.2) is 35.1 Å². The van der Waals surface area contributed by atoms with Gasteiger partial charge >= 0.3 is 6.18 Å². The minimum Gasteiger partial charge on any atom is -0.361 e. The third kappa shape index (κ3) is 2.66. The molecule has 110 valence electrons. The van der Waals surface area contributed by atoms with Crippen LogP contribution in [0.1, 0.15) is 16.8 Å². The Morgan fingerprint density at radius 2 is 2.05 bits per heavy atom. The van der Waals surface area contributed by atoms with Gasteiger partial charge in [0, 0.05) is 35.9 Å². The third-order valence-electron chi connectivity index (χ3n) is 3.66. The Labute approximate surface area is 119 Å². The standard InChI is InChI=1S/C15H13F3N2O/c16-15(17,18)12-4-7-20(8-5-12)14(21)11-2-1-10-3-6-19-13(10)9-11/h1-4,6,9,19H,5,7-8H2. The number of aromatic amines is 1. The van der Waals surface area contributed by atoms with Crippen molar-refractivity contribution in [2.45, 2.75) is 12.6 Å². The van der Waals surface area contributed by atoms with Gasteiger partial charge in [-0.25, -0.2) is 0 Å². The molecule has 0 atom stereocenters. The second-order valence-electron chi connectivity index (χ2n) is 5.01. The smallest absolute Gasteiger partial charge is 0.361 e. The van der Waals surface area contributed by atoms with E-state index in [0.717, 1.165) is 17.0 Å². The van der Waals surface area contributed by atoms with Crippen LogP contribution in [0.4, 0.5) is 13.2 Å². The summed E-state index contributed by atoms with van der Waals surface area (Å²) < 4.78 is 37.7. The molecule has 3 rings (SSSR count). The molecule has 6 heteroatoms. The van der Waals surface area contributed by atoms with E-state index in [1.54, 1.807) is 18.3 Å². The van der Waals surface area contributed by atoms with Crippen molar-refractivity contribution in [3.8, 4) is 0 Å². The van der Waals surface area contributed by atoms with Crippen molar-refractivity contribution in [1.29, 1.82) is 0 Å². The van der Waals surface area contributed by atoms with Crippen molar-refractivity contribution in [3.63, 3.8) is 0 Å². The lowest BCUT2D eigenvalue weighted by Gasteiger charge is -2.27. The van der Waals surface area contributed by atoms with E-state index < -0.39 is 11.7 Å². The van der Waals surface area contributed by atoms with E-state index in [9.17, 15) is 18.0 Å². The van der Waals surface area contributed by atoms with Crippen molar-refractivity contribution < 1.29 is 18.0 Å². The maximum atomic E-state index is 12.6. The number of benzene rings is 1. The van der Waals surface area contributed by atoms with Gasteiger partial charge in [0.25, 0.3) is 5.91 Å². The van der Waals surface area contributed by atoms with Crippen molar-refractivity contribution >= 4 is 16.8 Å². The molecule has 0 aliphatic carbocycles. The number of alkyl halides is 3. The van der Waals surface area contributed by atoms with Gasteiger partial charge in [-0.15, -0.1) is 0 Å². The fourth-order valence-corrected chi connectivity index (χ4v) is 2.47. The van der Waals surface area contributed by atoms with Crippen LogP contribution < -0.4 is 0 Å². The number of amides is 1. The summed E-state index contributed by atoms with van der Waals surface area (Å²) in [6.07, 6.45) is -1.58. The van der Waals surface area contributed by atoms with Crippen LogP contribution in [0.25, 0.3) is 10.9 Å². The molecule has 1 aliphatic heterocycles. The molecule has 21 heavy (non-hydrogen) atoms. The molecule has 1 N–H and O–H groups in total. The van der Waals surface area contributed by atoms with Crippen molar-refractivity contribution in [3.05, 3.63) is 47.7 Å². The van der Waals surface area contributed by atoms with Crippen LogP contribution in [0, 0.1) is 0 Å². The Kier molecular flexibility index (Phi) is 3.23. The SMILES string of the molecule is O=C(c1ccc2cc[nH]c2c1)N1CC=C(C(F)(F)F)CC1. The summed E-state index contributed by atoms with van der Waals surface area (Å²) in [6, 6.07) is 7.13. The molecule has 0 bridgehead atoms. The first kappa shape index (κ1) is 13.7. The molecule has 0 radical (unpaired) electrons. The van der Waals surface area contributed by atoms with Crippen LogP contribution in [0.3, 0.4) is 0 Å². The van der Waals surface area contributed by atoms with Crippen LogP contribution in [0.5, 0.6) is 0 Å². The summed E-state index contributed by atoms with van der Waals surface area (Å²) >= 11 is 0. The van der Waals surface area contributed by atoms with E-state index in [-0.39, 0.29) is 25.4 Å². The second-order valence-corrected chi connectivity index (χ2v) is 5.01. The van der Waals surface area contributed by atoms with Crippen LogP contribution >= 0.6 is 0 Å². The highest BCUT2D eigenvalue weighted by Crippen LogP contribution is 2.30. The first-order valence-electron chi connectivity index (χ1n) is 6.58. The predicted octanol–water partition coefficient (Wildman–Crippen LogP) is 3.50. The predicted molar refractivity (Wildman–Crippen MR) is 73.0 cm³/mol. The molecule has 1 aromatic heterocycles. The summed E-state index contributed by atoms with van der Waals surface area (Å²) in [5.74, 6) is -0.246. The van der Waals surface area contributed by atoms with Gasteiger partial charge < -0.3 is 9.88 Å². The number of hydrogen-bond acceptors (Lipinski definition) is 1. The normalized spacial score (nSPS) is 16.1. The van der Waals surface area contributed by atoms with Crippen LogP contribution in [0.2, 0.25) is 0 Å². The summed E-state index contributed by atoms with van der Waals surface area (Å²) in [5.41, 5.74) is 0.768. The van der Waals surface area contributed by atoms with E-state index in [1.165, 1.54) is 4.90 Å². The fourth-order valence-electron chi connectivity index (χ4n) is 2.47. The Bertz CT molecular complexity index is 715. The number of hydrogen-bond donors (Lipinski definition) is 1. The molecule has 0 saturated heterocycles. The number of aromatic nitrogens is 1. The van der Waals surface area contributed by atoms with Gasteiger partial charge in [0.05, 0.1) is 0 Å². The van der Waals surface area contributed by atoms with E-state index in [2.05, 4.69) is 4.98 Å². The van der Waals surface area contributed by atoms with E-state index in [4.69, 9.17) is 0 Å². The Morgan fingerprint density at radius 1 is 1.24 bits per heavy atom. The van der Waals surface area contributed by atoms with Crippen LogP contribution in [-0.2, 0) is 0 Å². The molecule has 1 amide bonds. The lowest BCUT2D eigenvalue weighted by Crippen LogP contribution is -2.36. The molecule has 2 aromatic rings. The van der Waals surface area contributed by atoms with E-state index in [0.29, 0.717) is 5.56 Å². The lowest BCUT2D eigenvalue weighted by atomic mass is 10.1. The molecule has 0 spiro atoms. The summed E-state index contributed by atoms with van der Waals surface area (Å²) in [5, 5.41) is 0.990. The zero-order chi connectivity index (χ0) is 15.0. The van der Waals surface area contributed by atoms with Gasteiger partial charge in [-0.3, -0.25) is 4.79 Å². The minimum atomic E-state index is -4.29. The number of halogens is 3. The van der Waals surface area contributed by atoms with Gasteiger partial charge in [-0.05, 0) is 30.0 Å². The zero-order valence-corrected chi connectivity index (χ0v) is 11.1. The van der Waals surface area contributed by atoms with Crippen molar-refractivity contribution in [2.75, 3.05) is 13.1 Å². The third-order valence-corrected chi connectivity index (χ3v) is 3.66. The first-order chi connectivity index (χ1) is 9.95. The number of nitrogens with zero attached hydrogens (tertiary/aromatic N) is 1. The van der Waals surface area contributed by atoms with Gasteiger partial charge in [0.15, 0.2) is 0 Å². The van der Waals surface area contributed by atoms with Crippen molar-refractivity contribution in [2.24, 2.45) is 0 Å². The highest BCUT2D eigenvalue weighted by molar-refractivity contribution is 5.98. The maximum Gasteiger partial charge on any atom is 0.412 e. The van der Waals surface area contributed by atoms with Crippen LogP contribution in [0.15, 0.2) is 42.1 Å². The zero-order valence-electron chi connectivity index (χ0n) is 11.1. The fraction of sp³-hybridized carbons (Fsp3) is 0.267. The van der Waals surface area contributed by atoms with E-state index in [1.807, 2.05) is 12.1 Å². The molecule has 0 unspecified atom stereocenters. The molecular formula is C15H13F3N2O. The number of rotatable bonds is 1. The second kappa shape index (κ2) is 4.95. The molecule has 2 heterocycles. The average molecular weight is 294 g/mol. The molecule has 3 nitrogen and oxygen atoms in total.